The number of rotatable bonds is 2. The summed E-state index contributed by atoms with van der Waals surface area (Å²) in [4.78, 5) is 17.5. The molecule has 1 saturated heterocycles. The van der Waals surface area contributed by atoms with Gasteiger partial charge >= 0.3 is 0 Å². The maximum atomic E-state index is 12.7. The van der Waals surface area contributed by atoms with Gasteiger partial charge < -0.3 is 15.1 Å². The normalized spacial score (nSPS) is 19.6. The third-order valence-electron chi connectivity index (χ3n) is 5.58. The average molecular weight is 335 g/mol. The maximum absolute atomic E-state index is 12.7. The van der Waals surface area contributed by atoms with Crippen LogP contribution in [0.4, 0.5) is 5.69 Å². The number of fused-ring (bicyclic) bond motifs is 1. The monoisotopic (exact) mass is 335 g/mol. The van der Waals surface area contributed by atoms with E-state index in [1.807, 2.05) is 18.2 Å². The van der Waals surface area contributed by atoms with Crippen molar-refractivity contribution in [2.45, 2.75) is 32.0 Å². The molecule has 0 unspecified atom stereocenters. The minimum Gasteiger partial charge on any atom is -0.344 e. The first-order valence-corrected chi connectivity index (χ1v) is 9.01. The van der Waals surface area contributed by atoms with E-state index in [2.05, 4.69) is 59.4 Å². The molecule has 2 aromatic carbocycles. The van der Waals surface area contributed by atoms with Crippen LogP contribution < -0.4 is 10.2 Å². The smallest absolute Gasteiger partial charge is 0.255 e. The molecule has 0 radical (unpaired) electrons. The van der Waals surface area contributed by atoms with E-state index in [9.17, 15) is 4.79 Å². The molecule has 1 N–H and O–H groups in total. The molecule has 0 saturated carbocycles. The number of anilines is 1. The van der Waals surface area contributed by atoms with Crippen molar-refractivity contribution in [2.24, 2.45) is 0 Å². The van der Waals surface area contributed by atoms with Gasteiger partial charge in [-0.15, -0.1) is 0 Å². The van der Waals surface area contributed by atoms with E-state index in [0.29, 0.717) is 0 Å². The zero-order valence-corrected chi connectivity index (χ0v) is 15.0. The van der Waals surface area contributed by atoms with Crippen molar-refractivity contribution in [2.75, 3.05) is 25.0 Å². The number of aryl methyl sites for hydroxylation is 1. The number of piperidine rings is 1. The van der Waals surface area contributed by atoms with E-state index < -0.39 is 0 Å². The van der Waals surface area contributed by atoms with Crippen LogP contribution in [0, 0.1) is 6.92 Å². The van der Waals surface area contributed by atoms with Gasteiger partial charge in [0.15, 0.2) is 0 Å². The number of hydrogen-bond acceptors (Lipinski definition) is 3. The third kappa shape index (κ3) is 2.91. The summed E-state index contributed by atoms with van der Waals surface area (Å²) in [6, 6.07) is 16.7. The SMILES string of the molecule is Cc1ccc(CN2c3ccccc3C(=O)NC23CCN(C)CC3)cc1. The molecular formula is C21H25N3O. The lowest BCUT2D eigenvalue weighted by atomic mass is 9.89. The van der Waals surface area contributed by atoms with Gasteiger partial charge in [-0.25, -0.2) is 0 Å². The second kappa shape index (κ2) is 6.19. The molecule has 2 aromatic rings. The van der Waals surface area contributed by atoms with E-state index in [-0.39, 0.29) is 11.6 Å². The van der Waals surface area contributed by atoms with Crippen molar-refractivity contribution < 1.29 is 4.79 Å². The molecule has 2 heterocycles. The number of amides is 1. The highest BCUT2D eigenvalue weighted by Crippen LogP contribution is 2.38. The predicted octanol–water partition coefficient (Wildman–Crippen LogP) is 3.17. The van der Waals surface area contributed by atoms with Gasteiger partial charge in [-0.3, -0.25) is 4.79 Å². The van der Waals surface area contributed by atoms with Crippen molar-refractivity contribution in [1.82, 2.24) is 10.2 Å². The second-order valence-corrected chi connectivity index (χ2v) is 7.38. The number of para-hydroxylation sites is 1. The molecule has 4 rings (SSSR count). The van der Waals surface area contributed by atoms with Crippen LogP contribution in [0.2, 0.25) is 0 Å². The summed E-state index contributed by atoms with van der Waals surface area (Å²) in [5.74, 6) is 0.0558. The van der Waals surface area contributed by atoms with E-state index >= 15 is 0 Å². The van der Waals surface area contributed by atoms with Crippen molar-refractivity contribution >= 4 is 11.6 Å². The fourth-order valence-electron chi connectivity index (χ4n) is 3.97. The topological polar surface area (TPSA) is 35.6 Å². The lowest BCUT2D eigenvalue weighted by Gasteiger charge is -2.52. The molecule has 4 nitrogen and oxygen atoms in total. The number of carbonyl (C=O) groups is 1. The Kier molecular flexibility index (Phi) is 4.00. The molecule has 25 heavy (non-hydrogen) atoms. The highest BCUT2D eigenvalue weighted by Gasteiger charge is 2.45. The summed E-state index contributed by atoms with van der Waals surface area (Å²) in [6.45, 7) is 4.90. The van der Waals surface area contributed by atoms with Crippen LogP contribution in [-0.2, 0) is 6.54 Å². The lowest BCUT2D eigenvalue weighted by Crippen LogP contribution is -2.67. The Morgan fingerprint density at radius 3 is 2.44 bits per heavy atom. The predicted molar refractivity (Wildman–Crippen MR) is 101 cm³/mol. The third-order valence-corrected chi connectivity index (χ3v) is 5.58. The van der Waals surface area contributed by atoms with Crippen LogP contribution in [0.15, 0.2) is 48.5 Å². The molecule has 1 spiro atoms. The number of likely N-dealkylation sites (tertiary alicyclic amines) is 1. The number of hydrogen-bond donors (Lipinski definition) is 1. The van der Waals surface area contributed by atoms with Gasteiger partial charge in [0.1, 0.15) is 5.66 Å². The molecule has 1 fully saturated rings. The van der Waals surface area contributed by atoms with E-state index in [0.717, 1.165) is 43.7 Å². The first kappa shape index (κ1) is 16.2. The average Bonchev–Trinajstić information content (AvgIpc) is 2.63. The minimum absolute atomic E-state index is 0.0558. The van der Waals surface area contributed by atoms with Gasteiger partial charge in [-0.1, -0.05) is 42.0 Å². The first-order chi connectivity index (χ1) is 12.1. The Morgan fingerprint density at radius 2 is 1.72 bits per heavy atom. The first-order valence-electron chi connectivity index (χ1n) is 9.01. The van der Waals surface area contributed by atoms with Crippen molar-refractivity contribution in [3.63, 3.8) is 0 Å². The summed E-state index contributed by atoms with van der Waals surface area (Å²) in [5.41, 5.74) is 4.08. The lowest BCUT2D eigenvalue weighted by molar-refractivity contribution is 0.0794. The molecule has 0 aromatic heterocycles. The van der Waals surface area contributed by atoms with Crippen LogP contribution in [-0.4, -0.2) is 36.6 Å². The summed E-state index contributed by atoms with van der Waals surface area (Å²) < 4.78 is 0. The number of nitrogens with zero attached hydrogens (tertiary/aromatic N) is 2. The molecule has 0 bridgehead atoms. The molecule has 4 heteroatoms. The Bertz CT molecular complexity index is 776. The molecule has 0 atom stereocenters. The van der Waals surface area contributed by atoms with Gasteiger partial charge in [0.05, 0.1) is 11.3 Å². The van der Waals surface area contributed by atoms with Gasteiger partial charge in [-0.2, -0.15) is 0 Å². The van der Waals surface area contributed by atoms with Crippen molar-refractivity contribution in [3.05, 3.63) is 65.2 Å². The van der Waals surface area contributed by atoms with E-state index in [1.54, 1.807) is 0 Å². The zero-order valence-electron chi connectivity index (χ0n) is 15.0. The fourth-order valence-corrected chi connectivity index (χ4v) is 3.97. The van der Waals surface area contributed by atoms with E-state index in [4.69, 9.17) is 0 Å². The summed E-state index contributed by atoms with van der Waals surface area (Å²) in [7, 11) is 2.15. The summed E-state index contributed by atoms with van der Waals surface area (Å²) >= 11 is 0. The molecule has 1 amide bonds. The van der Waals surface area contributed by atoms with Crippen molar-refractivity contribution in [3.8, 4) is 0 Å². The Morgan fingerprint density at radius 1 is 1.04 bits per heavy atom. The summed E-state index contributed by atoms with van der Waals surface area (Å²) in [6.07, 6.45) is 1.88. The van der Waals surface area contributed by atoms with Crippen LogP contribution in [0.25, 0.3) is 0 Å². The van der Waals surface area contributed by atoms with Gasteiger partial charge in [-0.05, 0) is 31.7 Å². The van der Waals surface area contributed by atoms with Crippen LogP contribution >= 0.6 is 0 Å². The van der Waals surface area contributed by atoms with E-state index in [1.165, 1.54) is 11.1 Å². The number of nitrogens with one attached hydrogen (secondary N) is 1. The Hall–Kier alpha value is -2.33. The highest BCUT2D eigenvalue weighted by molar-refractivity contribution is 6.02. The minimum atomic E-state index is -0.289. The van der Waals surface area contributed by atoms with Crippen LogP contribution in [0.1, 0.15) is 34.3 Å². The number of benzene rings is 2. The quantitative estimate of drug-likeness (QED) is 0.916. The Labute approximate surface area is 149 Å². The molecule has 0 aliphatic carbocycles. The van der Waals surface area contributed by atoms with Crippen LogP contribution in [0.5, 0.6) is 0 Å². The van der Waals surface area contributed by atoms with Crippen molar-refractivity contribution in [1.29, 1.82) is 0 Å². The van der Waals surface area contributed by atoms with Crippen LogP contribution in [0.3, 0.4) is 0 Å². The Balaban J connectivity index is 1.75. The largest absolute Gasteiger partial charge is 0.344 e. The zero-order chi connectivity index (χ0) is 17.4. The molecule has 130 valence electrons. The molecular weight excluding hydrogens is 310 g/mol. The number of carbonyl (C=O) groups excluding carboxylic acids is 1. The molecule has 2 aliphatic heterocycles. The summed E-state index contributed by atoms with van der Waals surface area (Å²) in [5, 5.41) is 3.35. The van der Waals surface area contributed by atoms with Gasteiger partial charge in [0, 0.05) is 32.5 Å². The molecule has 2 aliphatic rings. The highest BCUT2D eigenvalue weighted by atomic mass is 16.2. The van der Waals surface area contributed by atoms with Gasteiger partial charge in [0.2, 0.25) is 0 Å². The maximum Gasteiger partial charge on any atom is 0.255 e. The fraction of sp³-hybridized carbons (Fsp3) is 0.381. The van der Waals surface area contributed by atoms with Gasteiger partial charge in [0.25, 0.3) is 5.91 Å². The second-order valence-electron chi connectivity index (χ2n) is 7.38. The standard InChI is InChI=1S/C21H25N3O/c1-16-7-9-17(10-8-16)15-24-19-6-4-3-5-18(19)20(25)22-21(24)11-13-23(2)14-12-21/h3-10H,11-15H2,1-2H3,(H,22,25).